The summed E-state index contributed by atoms with van der Waals surface area (Å²) in [4.78, 5) is 0. The fourth-order valence-corrected chi connectivity index (χ4v) is 2.12. The van der Waals surface area contributed by atoms with Crippen LogP contribution in [-0.4, -0.2) is 11.1 Å². The second kappa shape index (κ2) is 2.82. The highest BCUT2D eigenvalue weighted by Crippen LogP contribution is 2.22. The highest BCUT2D eigenvalue weighted by Gasteiger charge is 2.11. The van der Waals surface area contributed by atoms with E-state index in [9.17, 15) is 4.39 Å². The number of nitrogens with one attached hydrogen (secondary N) is 1. The van der Waals surface area contributed by atoms with Crippen molar-refractivity contribution in [2.24, 2.45) is 0 Å². The number of benzene rings is 1. The summed E-state index contributed by atoms with van der Waals surface area (Å²) < 4.78 is 15.2. The number of aromatic nitrogens is 1. The summed E-state index contributed by atoms with van der Waals surface area (Å²) in [6.45, 7) is 2.86. The van der Waals surface area contributed by atoms with Gasteiger partial charge in [-0.1, -0.05) is 0 Å². The van der Waals surface area contributed by atoms with Gasteiger partial charge in [0.2, 0.25) is 0 Å². The van der Waals surface area contributed by atoms with Gasteiger partial charge in [-0.3, -0.25) is 0 Å². The Morgan fingerprint density at radius 3 is 3.14 bits per heavy atom. The molecule has 0 spiro atoms. The lowest BCUT2D eigenvalue weighted by Gasteiger charge is -2.16. The Hall–Kier alpha value is -1.35. The van der Waals surface area contributed by atoms with Crippen LogP contribution in [0.25, 0.3) is 10.9 Å². The minimum Gasteiger partial charge on any atom is -0.342 e. The maximum atomic E-state index is 13.0. The average molecular weight is 190 g/mol. The van der Waals surface area contributed by atoms with E-state index in [1.807, 2.05) is 6.07 Å². The molecule has 3 rings (SSSR count). The summed E-state index contributed by atoms with van der Waals surface area (Å²) in [5.41, 5.74) is 2.39. The predicted molar refractivity (Wildman–Crippen MR) is 53.6 cm³/mol. The molecule has 0 saturated carbocycles. The van der Waals surface area contributed by atoms with Gasteiger partial charge in [0.15, 0.2) is 0 Å². The summed E-state index contributed by atoms with van der Waals surface area (Å²) in [5, 5.41) is 4.31. The third kappa shape index (κ3) is 1.06. The quantitative estimate of drug-likeness (QED) is 0.671. The number of hydrogen-bond donors (Lipinski definition) is 1. The van der Waals surface area contributed by atoms with Crippen LogP contribution >= 0.6 is 0 Å². The van der Waals surface area contributed by atoms with Gasteiger partial charge in [0.1, 0.15) is 5.82 Å². The average Bonchev–Trinajstić information content (AvgIpc) is 2.54. The summed E-state index contributed by atoms with van der Waals surface area (Å²) in [6, 6.07) is 7.04. The molecule has 72 valence electrons. The molecule has 14 heavy (non-hydrogen) atoms. The predicted octanol–water partition coefficient (Wildman–Crippen LogP) is 1.88. The zero-order valence-corrected chi connectivity index (χ0v) is 7.76. The maximum absolute atomic E-state index is 13.0. The number of nitrogens with zero attached hydrogens (tertiary/aromatic N) is 1. The second-order valence-electron chi connectivity index (χ2n) is 3.67. The summed E-state index contributed by atoms with van der Waals surface area (Å²) >= 11 is 0. The van der Waals surface area contributed by atoms with Gasteiger partial charge >= 0.3 is 0 Å². The van der Waals surface area contributed by atoms with Gasteiger partial charge in [0.05, 0.1) is 0 Å². The van der Waals surface area contributed by atoms with E-state index in [-0.39, 0.29) is 5.82 Å². The SMILES string of the molecule is Fc1ccc2c(c1)cc1n2CCNC1. The van der Waals surface area contributed by atoms with E-state index in [2.05, 4.69) is 16.0 Å². The van der Waals surface area contributed by atoms with Crippen LogP contribution in [0, 0.1) is 5.82 Å². The van der Waals surface area contributed by atoms with Crippen molar-refractivity contribution in [1.29, 1.82) is 0 Å². The van der Waals surface area contributed by atoms with E-state index >= 15 is 0 Å². The molecule has 0 aliphatic carbocycles. The molecule has 0 atom stereocenters. The molecule has 1 aromatic carbocycles. The van der Waals surface area contributed by atoms with Gasteiger partial charge < -0.3 is 9.88 Å². The van der Waals surface area contributed by atoms with Crippen LogP contribution in [0.1, 0.15) is 5.69 Å². The van der Waals surface area contributed by atoms with Crippen molar-refractivity contribution < 1.29 is 4.39 Å². The highest BCUT2D eigenvalue weighted by molar-refractivity contribution is 5.81. The lowest BCUT2D eigenvalue weighted by molar-refractivity contribution is 0.527. The monoisotopic (exact) mass is 190 g/mol. The number of halogens is 1. The van der Waals surface area contributed by atoms with E-state index in [1.165, 1.54) is 11.8 Å². The first-order chi connectivity index (χ1) is 6.84. The van der Waals surface area contributed by atoms with Crippen LogP contribution in [0.4, 0.5) is 4.39 Å². The van der Waals surface area contributed by atoms with E-state index < -0.39 is 0 Å². The van der Waals surface area contributed by atoms with Crippen molar-refractivity contribution in [2.75, 3.05) is 6.54 Å². The first kappa shape index (κ1) is 8.00. The minimum absolute atomic E-state index is 0.159. The molecule has 2 aromatic rings. The Balaban J connectivity index is 2.31. The lowest BCUT2D eigenvalue weighted by atomic mass is 10.2. The van der Waals surface area contributed by atoms with Crippen LogP contribution < -0.4 is 5.32 Å². The Labute approximate surface area is 81.3 Å². The number of rotatable bonds is 0. The molecule has 0 amide bonds. The Morgan fingerprint density at radius 2 is 2.21 bits per heavy atom. The molecule has 1 aromatic heterocycles. The molecule has 0 unspecified atom stereocenters. The van der Waals surface area contributed by atoms with E-state index in [4.69, 9.17) is 0 Å². The van der Waals surface area contributed by atoms with Crippen LogP contribution in [0.2, 0.25) is 0 Å². The van der Waals surface area contributed by atoms with Gasteiger partial charge in [0.25, 0.3) is 0 Å². The molecule has 2 heterocycles. The zero-order chi connectivity index (χ0) is 9.54. The molecule has 0 bridgehead atoms. The van der Waals surface area contributed by atoms with Crippen LogP contribution in [0.15, 0.2) is 24.3 Å². The molecular formula is C11H11FN2. The normalized spacial score (nSPS) is 15.8. The third-order valence-corrected chi connectivity index (χ3v) is 2.77. The van der Waals surface area contributed by atoms with Crippen molar-refractivity contribution in [3.63, 3.8) is 0 Å². The van der Waals surface area contributed by atoms with Crippen molar-refractivity contribution in [1.82, 2.24) is 9.88 Å². The molecule has 1 aliphatic heterocycles. The van der Waals surface area contributed by atoms with Crippen molar-refractivity contribution >= 4 is 10.9 Å². The maximum Gasteiger partial charge on any atom is 0.123 e. The summed E-state index contributed by atoms with van der Waals surface area (Å²) in [5.74, 6) is -0.159. The minimum atomic E-state index is -0.159. The second-order valence-corrected chi connectivity index (χ2v) is 3.67. The summed E-state index contributed by atoms with van der Waals surface area (Å²) in [7, 11) is 0. The number of fused-ring (bicyclic) bond motifs is 3. The Bertz CT molecular complexity index is 487. The zero-order valence-electron chi connectivity index (χ0n) is 7.76. The Morgan fingerprint density at radius 1 is 1.29 bits per heavy atom. The first-order valence-corrected chi connectivity index (χ1v) is 4.83. The smallest absolute Gasteiger partial charge is 0.123 e. The van der Waals surface area contributed by atoms with Crippen LogP contribution in [-0.2, 0) is 13.1 Å². The van der Waals surface area contributed by atoms with E-state index in [0.29, 0.717) is 0 Å². The van der Waals surface area contributed by atoms with Gasteiger partial charge in [-0.2, -0.15) is 0 Å². The fraction of sp³-hybridized carbons (Fsp3) is 0.273. The van der Waals surface area contributed by atoms with Crippen LogP contribution in [0.3, 0.4) is 0 Å². The molecule has 2 nitrogen and oxygen atoms in total. The number of hydrogen-bond acceptors (Lipinski definition) is 1. The molecule has 0 saturated heterocycles. The van der Waals surface area contributed by atoms with Crippen molar-refractivity contribution in [2.45, 2.75) is 13.1 Å². The van der Waals surface area contributed by atoms with Crippen molar-refractivity contribution in [3.05, 3.63) is 35.8 Å². The molecule has 1 N–H and O–H groups in total. The van der Waals surface area contributed by atoms with Gasteiger partial charge in [-0.15, -0.1) is 0 Å². The van der Waals surface area contributed by atoms with E-state index in [0.717, 1.165) is 30.5 Å². The molecular weight excluding hydrogens is 179 g/mol. The third-order valence-electron chi connectivity index (χ3n) is 2.77. The van der Waals surface area contributed by atoms with Crippen LogP contribution in [0.5, 0.6) is 0 Å². The van der Waals surface area contributed by atoms with Gasteiger partial charge in [-0.25, -0.2) is 4.39 Å². The Kier molecular flexibility index (Phi) is 1.61. The largest absolute Gasteiger partial charge is 0.342 e. The first-order valence-electron chi connectivity index (χ1n) is 4.83. The fourth-order valence-electron chi connectivity index (χ4n) is 2.12. The molecule has 0 fully saturated rings. The molecule has 0 radical (unpaired) electrons. The molecule has 3 heteroatoms. The molecule has 1 aliphatic rings. The summed E-state index contributed by atoms with van der Waals surface area (Å²) in [6.07, 6.45) is 0. The lowest BCUT2D eigenvalue weighted by Crippen LogP contribution is -2.27. The van der Waals surface area contributed by atoms with Gasteiger partial charge in [0, 0.05) is 36.2 Å². The van der Waals surface area contributed by atoms with E-state index in [1.54, 1.807) is 6.07 Å². The standard InChI is InChI=1S/C11H11FN2/c12-9-1-2-11-8(5-9)6-10-7-13-3-4-14(10)11/h1-2,5-6,13H,3-4,7H2. The highest BCUT2D eigenvalue weighted by atomic mass is 19.1. The van der Waals surface area contributed by atoms with Crippen molar-refractivity contribution in [3.8, 4) is 0 Å². The topological polar surface area (TPSA) is 17.0 Å². The van der Waals surface area contributed by atoms with Gasteiger partial charge in [-0.05, 0) is 24.3 Å².